The lowest BCUT2D eigenvalue weighted by atomic mass is 9.63. The number of likely N-dealkylation sites (tertiary alicyclic amines) is 1. The standard InChI is InChI=1S/C29H30BrN3O4/c1-27-20(17-11-5-3-6-12-17)21(18-13-7-4-8-14-18)28(2,25(27)36)29(30)22(27)24(35)33(26(29)37)16-10-9-15-19(31)23(32)34/h3-8,11-14,19,22H,9-10,15-16,31H2,1-2H3,(H2,32,34)/t19-,22?,27?,28?,29?/m0/s1. The van der Waals surface area contributed by atoms with Gasteiger partial charge in [-0.3, -0.25) is 24.1 Å². The molecule has 2 bridgehead atoms. The molecule has 2 aromatic rings. The Morgan fingerprint density at radius 1 is 0.946 bits per heavy atom. The summed E-state index contributed by atoms with van der Waals surface area (Å²) >= 11 is 3.75. The number of amides is 3. The zero-order chi connectivity index (χ0) is 26.8. The van der Waals surface area contributed by atoms with Gasteiger partial charge in [0, 0.05) is 6.54 Å². The Labute approximate surface area is 224 Å². The van der Waals surface area contributed by atoms with Crippen LogP contribution in [0.25, 0.3) is 11.1 Å². The molecule has 0 radical (unpaired) electrons. The number of unbranched alkanes of at least 4 members (excludes halogenated alkanes) is 1. The summed E-state index contributed by atoms with van der Waals surface area (Å²) in [6, 6.07) is 18.5. The van der Waals surface area contributed by atoms with E-state index in [1.807, 2.05) is 67.6 Å². The van der Waals surface area contributed by atoms with Crippen molar-refractivity contribution in [3.63, 3.8) is 0 Å². The average molecular weight is 564 g/mol. The predicted octanol–water partition coefficient (Wildman–Crippen LogP) is 3.31. The van der Waals surface area contributed by atoms with E-state index in [2.05, 4.69) is 15.9 Å². The molecule has 37 heavy (non-hydrogen) atoms. The normalized spacial score (nSPS) is 31.3. The van der Waals surface area contributed by atoms with Gasteiger partial charge >= 0.3 is 0 Å². The van der Waals surface area contributed by atoms with Gasteiger partial charge in [-0.05, 0) is 55.4 Å². The van der Waals surface area contributed by atoms with Crippen molar-refractivity contribution < 1.29 is 19.2 Å². The van der Waals surface area contributed by atoms with Crippen LogP contribution in [-0.4, -0.2) is 45.3 Å². The van der Waals surface area contributed by atoms with Crippen molar-refractivity contribution in [1.82, 2.24) is 4.90 Å². The van der Waals surface area contributed by atoms with Crippen molar-refractivity contribution >= 4 is 50.6 Å². The number of ketones is 1. The first kappa shape index (κ1) is 25.5. The first-order valence-electron chi connectivity index (χ1n) is 12.5. The number of Topliss-reactive ketones (excluding diaryl/α,β-unsaturated/α-hetero) is 1. The second-order valence-electron chi connectivity index (χ2n) is 10.6. The first-order chi connectivity index (χ1) is 17.5. The van der Waals surface area contributed by atoms with Crippen molar-refractivity contribution in [1.29, 1.82) is 0 Å². The molecular weight excluding hydrogens is 534 g/mol. The number of imide groups is 1. The Kier molecular flexibility index (Phi) is 6.03. The summed E-state index contributed by atoms with van der Waals surface area (Å²) in [5.41, 5.74) is 11.8. The minimum Gasteiger partial charge on any atom is -0.368 e. The monoisotopic (exact) mass is 563 g/mol. The molecule has 0 aromatic heterocycles. The number of carbonyl (C=O) groups excluding carboxylic acids is 4. The number of nitrogens with zero attached hydrogens (tertiary/aromatic N) is 1. The zero-order valence-corrected chi connectivity index (χ0v) is 22.5. The largest absolute Gasteiger partial charge is 0.368 e. The smallest absolute Gasteiger partial charge is 0.248 e. The van der Waals surface area contributed by atoms with Crippen molar-refractivity contribution in [3.8, 4) is 0 Å². The maximum Gasteiger partial charge on any atom is 0.248 e. The van der Waals surface area contributed by atoms with Gasteiger partial charge in [-0.1, -0.05) is 76.6 Å². The topological polar surface area (TPSA) is 124 Å². The van der Waals surface area contributed by atoms with Gasteiger partial charge < -0.3 is 11.5 Å². The van der Waals surface area contributed by atoms with Gasteiger partial charge in [0.25, 0.3) is 0 Å². The highest BCUT2D eigenvalue weighted by atomic mass is 79.9. The van der Waals surface area contributed by atoms with Crippen molar-refractivity contribution in [2.24, 2.45) is 28.2 Å². The molecule has 0 spiro atoms. The average Bonchev–Trinajstić information content (AvgIpc) is 3.27. The summed E-state index contributed by atoms with van der Waals surface area (Å²) in [5.74, 6) is -2.30. The highest BCUT2D eigenvalue weighted by molar-refractivity contribution is 9.10. The van der Waals surface area contributed by atoms with E-state index in [4.69, 9.17) is 11.5 Å². The minimum absolute atomic E-state index is 0.117. The van der Waals surface area contributed by atoms with Crippen LogP contribution in [0, 0.1) is 16.7 Å². The van der Waals surface area contributed by atoms with Gasteiger partial charge in [-0.15, -0.1) is 0 Å². The molecule has 1 heterocycles. The summed E-state index contributed by atoms with van der Waals surface area (Å²) in [6.07, 6.45) is 1.40. The second kappa shape index (κ2) is 8.74. The number of benzene rings is 2. The summed E-state index contributed by atoms with van der Waals surface area (Å²) < 4.78 is -1.39. The van der Waals surface area contributed by atoms with Crippen LogP contribution in [0.2, 0.25) is 0 Å². The van der Waals surface area contributed by atoms with E-state index in [0.717, 1.165) is 22.3 Å². The molecule has 2 aliphatic carbocycles. The molecule has 2 aromatic carbocycles. The maximum atomic E-state index is 14.3. The van der Waals surface area contributed by atoms with E-state index in [0.29, 0.717) is 19.3 Å². The van der Waals surface area contributed by atoms with Crippen molar-refractivity contribution in [3.05, 3.63) is 71.8 Å². The number of allylic oxidation sites excluding steroid dienone is 2. The van der Waals surface area contributed by atoms with Crippen molar-refractivity contribution in [2.45, 2.75) is 43.5 Å². The summed E-state index contributed by atoms with van der Waals surface area (Å²) in [5, 5.41) is 0. The molecule has 1 aliphatic heterocycles. The van der Waals surface area contributed by atoms with Crippen LogP contribution in [0.1, 0.15) is 44.2 Å². The van der Waals surface area contributed by atoms with E-state index in [1.54, 1.807) is 6.92 Å². The maximum absolute atomic E-state index is 14.3. The molecule has 2 fully saturated rings. The Morgan fingerprint density at radius 2 is 1.49 bits per heavy atom. The lowest BCUT2D eigenvalue weighted by molar-refractivity contribution is -0.144. The molecule has 1 saturated heterocycles. The van der Waals surface area contributed by atoms with Crippen LogP contribution < -0.4 is 11.5 Å². The van der Waals surface area contributed by atoms with Gasteiger partial charge in [0.1, 0.15) is 4.32 Å². The Balaban J connectivity index is 1.60. The molecule has 3 aliphatic rings. The van der Waals surface area contributed by atoms with E-state index < -0.39 is 33.0 Å². The Hall–Kier alpha value is -3.10. The quantitative estimate of drug-likeness (QED) is 0.289. The summed E-state index contributed by atoms with van der Waals surface area (Å²) in [6.45, 7) is 3.82. The second-order valence-corrected chi connectivity index (χ2v) is 11.8. The van der Waals surface area contributed by atoms with Crippen LogP contribution in [0.4, 0.5) is 0 Å². The fraction of sp³-hybridized carbons (Fsp3) is 0.379. The van der Waals surface area contributed by atoms with Crippen LogP contribution in [0.5, 0.6) is 0 Å². The number of rotatable bonds is 8. The fourth-order valence-corrected chi connectivity index (χ4v) is 8.09. The van der Waals surface area contributed by atoms with Gasteiger partial charge in [-0.2, -0.15) is 0 Å². The van der Waals surface area contributed by atoms with Gasteiger partial charge in [0.05, 0.1) is 22.8 Å². The number of hydrogen-bond donors (Lipinski definition) is 2. The van der Waals surface area contributed by atoms with E-state index >= 15 is 0 Å². The fourth-order valence-electron chi connectivity index (χ4n) is 6.85. The number of carbonyl (C=O) groups is 4. The minimum atomic E-state index is -1.39. The first-order valence-corrected chi connectivity index (χ1v) is 13.3. The molecule has 192 valence electrons. The molecule has 7 nitrogen and oxygen atoms in total. The molecule has 3 amide bonds. The molecule has 5 rings (SSSR count). The number of halogens is 1. The Bertz CT molecular complexity index is 1340. The van der Waals surface area contributed by atoms with Crippen molar-refractivity contribution in [2.75, 3.05) is 6.54 Å². The van der Waals surface area contributed by atoms with Crippen LogP contribution in [0.3, 0.4) is 0 Å². The van der Waals surface area contributed by atoms with Gasteiger partial charge in [-0.25, -0.2) is 0 Å². The number of nitrogens with two attached hydrogens (primary N) is 2. The lowest BCUT2D eigenvalue weighted by Gasteiger charge is -2.41. The number of alkyl halides is 1. The van der Waals surface area contributed by atoms with Crippen LogP contribution >= 0.6 is 15.9 Å². The van der Waals surface area contributed by atoms with Crippen LogP contribution in [-0.2, 0) is 19.2 Å². The van der Waals surface area contributed by atoms with E-state index in [-0.39, 0.29) is 24.1 Å². The van der Waals surface area contributed by atoms with E-state index in [9.17, 15) is 19.2 Å². The summed E-state index contributed by atoms with van der Waals surface area (Å²) in [7, 11) is 0. The highest BCUT2D eigenvalue weighted by Crippen LogP contribution is 2.77. The highest BCUT2D eigenvalue weighted by Gasteiger charge is 2.85. The lowest BCUT2D eigenvalue weighted by Crippen LogP contribution is -2.50. The number of fused-ring (bicyclic) bond motifs is 5. The molecular formula is C29H30BrN3O4. The zero-order valence-electron chi connectivity index (χ0n) is 20.9. The summed E-state index contributed by atoms with van der Waals surface area (Å²) in [4.78, 5) is 54.9. The molecule has 1 saturated carbocycles. The molecule has 4 N–H and O–H groups in total. The number of primary amides is 1. The predicted molar refractivity (Wildman–Crippen MR) is 144 cm³/mol. The number of hydrogen-bond acceptors (Lipinski definition) is 5. The molecule has 4 unspecified atom stereocenters. The van der Waals surface area contributed by atoms with Gasteiger partial charge in [0.15, 0.2) is 5.78 Å². The van der Waals surface area contributed by atoms with Crippen LogP contribution in [0.15, 0.2) is 60.7 Å². The third kappa shape index (κ3) is 3.21. The Morgan fingerprint density at radius 3 is 2.03 bits per heavy atom. The third-order valence-electron chi connectivity index (χ3n) is 8.60. The third-order valence-corrected chi connectivity index (χ3v) is 10.2. The molecule has 5 atom stereocenters. The molecule has 8 heteroatoms. The van der Waals surface area contributed by atoms with E-state index in [1.165, 1.54) is 4.90 Å². The van der Waals surface area contributed by atoms with Gasteiger partial charge in [0.2, 0.25) is 17.7 Å². The SMILES string of the molecule is CC12C(=O)C(C)(C(c3ccccc3)=C1c1ccccc1)C1(Br)C(=O)N(CCCC[C@H](N)C(N)=O)C(=O)C21.